The molecule has 4 heterocycles. The van der Waals surface area contributed by atoms with Crippen LogP contribution in [0.2, 0.25) is 0 Å². The first-order valence-corrected chi connectivity index (χ1v) is 7.51. The summed E-state index contributed by atoms with van der Waals surface area (Å²) in [4.78, 5) is 29.9. The fraction of sp³-hybridized carbons (Fsp3) is 0.312. The van der Waals surface area contributed by atoms with Crippen molar-refractivity contribution < 1.29 is 9.21 Å². The maximum Gasteiger partial charge on any atom is 0.259 e. The maximum absolute atomic E-state index is 12.7. The molecule has 1 fully saturated rings. The number of furan rings is 1. The molecule has 118 valence electrons. The third kappa shape index (κ3) is 2.16. The first-order valence-electron chi connectivity index (χ1n) is 7.51. The highest BCUT2D eigenvalue weighted by Crippen LogP contribution is 2.28. The molecule has 0 spiro atoms. The number of aromatic nitrogens is 3. The van der Waals surface area contributed by atoms with Crippen molar-refractivity contribution in [2.75, 3.05) is 13.1 Å². The fourth-order valence-corrected chi connectivity index (χ4v) is 3.16. The van der Waals surface area contributed by atoms with Crippen molar-refractivity contribution in [1.29, 1.82) is 0 Å². The van der Waals surface area contributed by atoms with Crippen LogP contribution in [0.4, 0.5) is 0 Å². The van der Waals surface area contributed by atoms with Gasteiger partial charge in [-0.3, -0.25) is 14.3 Å². The molecule has 1 saturated heterocycles. The second kappa shape index (κ2) is 5.12. The van der Waals surface area contributed by atoms with Gasteiger partial charge < -0.3 is 14.3 Å². The van der Waals surface area contributed by atoms with Gasteiger partial charge in [0, 0.05) is 32.3 Å². The number of aromatic amines is 1. The highest BCUT2D eigenvalue weighted by Gasteiger charge is 2.30. The maximum atomic E-state index is 12.7. The lowest BCUT2D eigenvalue weighted by Gasteiger charge is -2.15. The Morgan fingerprint density at radius 2 is 2.35 bits per heavy atom. The molecule has 0 radical (unpaired) electrons. The number of amides is 1. The van der Waals surface area contributed by atoms with Gasteiger partial charge in [-0.2, -0.15) is 5.10 Å². The number of carbonyl (C=O) groups is 1. The van der Waals surface area contributed by atoms with Gasteiger partial charge in [0.1, 0.15) is 17.0 Å². The molecule has 4 rings (SSSR count). The normalized spacial score (nSPS) is 18.0. The van der Waals surface area contributed by atoms with Gasteiger partial charge in [-0.25, -0.2) is 0 Å². The van der Waals surface area contributed by atoms with Crippen LogP contribution < -0.4 is 5.43 Å². The monoisotopic (exact) mass is 312 g/mol. The molecule has 23 heavy (non-hydrogen) atoms. The summed E-state index contributed by atoms with van der Waals surface area (Å²) in [5.41, 5.74) is 0.491. The number of hydrogen-bond donors (Lipinski definition) is 1. The smallest absolute Gasteiger partial charge is 0.259 e. The van der Waals surface area contributed by atoms with Crippen LogP contribution in [0.5, 0.6) is 0 Å². The second-order valence-electron chi connectivity index (χ2n) is 5.81. The van der Waals surface area contributed by atoms with Gasteiger partial charge in [-0.1, -0.05) is 0 Å². The van der Waals surface area contributed by atoms with E-state index < -0.39 is 0 Å². The van der Waals surface area contributed by atoms with Crippen LogP contribution in [0, 0.1) is 0 Å². The molecule has 7 nitrogen and oxygen atoms in total. The lowest BCUT2D eigenvalue weighted by molar-refractivity contribution is 0.0788. The minimum absolute atomic E-state index is 0.158. The van der Waals surface area contributed by atoms with E-state index in [0.29, 0.717) is 24.1 Å². The Morgan fingerprint density at radius 3 is 3.13 bits per heavy atom. The van der Waals surface area contributed by atoms with Crippen molar-refractivity contribution in [3.63, 3.8) is 0 Å². The second-order valence-corrected chi connectivity index (χ2v) is 5.81. The Kier molecular flexibility index (Phi) is 3.07. The minimum Gasteiger partial charge on any atom is -0.469 e. The molecule has 7 heteroatoms. The number of H-pyrrole nitrogens is 1. The molecule has 3 aromatic rings. The molecule has 1 unspecified atom stereocenters. The van der Waals surface area contributed by atoms with Gasteiger partial charge in [0.05, 0.1) is 17.8 Å². The number of pyridine rings is 1. The zero-order valence-corrected chi connectivity index (χ0v) is 12.7. The Balaban J connectivity index is 1.63. The summed E-state index contributed by atoms with van der Waals surface area (Å²) in [7, 11) is 1.74. The van der Waals surface area contributed by atoms with Crippen LogP contribution in [0.25, 0.3) is 11.0 Å². The number of likely N-dealkylation sites (tertiary alicyclic amines) is 1. The topological polar surface area (TPSA) is 84.1 Å². The Hall–Kier alpha value is -2.83. The molecule has 0 bridgehead atoms. The Labute approximate surface area is 131 Å². The van der Waals surface area contributed by atoms with Crippen molar-refractivity contribution in [3.05, 3.63) is 52.3 Å². The van der Waals surface area contributed by atoms with E-state index >= 15 is 0 Å². The van der Waals surface area contributed by atoms with Gasteiger partial charge >= 0.3 is 0 Å². The van der Waals surface area contributed by atoms with Crippen molar-refractivity contribution in [2.45, 2.75) is 12.3 Å². The summed E-state index contributed by atoms with van der Waals surface area (Å²) in [6, 6.07) is 3.77. The van der Waals surface area contributed by atoms with E-state index in [4.69, 9.17) is 4.42 Å². The van der Waals surface area contributed by atoms with Crippen LogP contribution in [0.1, 0.15) is 28.5 Å². The van der Waals surface area contributed by atoms with E-state index in [1.54, 1.807) is 22.9 Å². The average molecular weight is 312 g/mol. The molecular formula is C16H16N4O3. The number of nitrogens with zero attached hydrogens (tertiary/aromatic N) is 3. The summed E-state index contributed by atoms with van der Waals surface area (Å²) in [5, 5.41) is 4.48. The number of aryl methyl sites for hydroxylation is 1. The first kappa shape index (κ1) is 13.8. The average Bonchev–Trinajstić information content (AvgIpc) is 3.27. The van der Waals surface area contributed by atoms with Crippen molar-refractivity contribution >= 4 is 16.9 Å². The quantitative estimate of drug-likeness (QED) is 0.777. The molecule has 1 atom stereocenters. The van der Waals surface area contributed by atoms with E-state index in [1.165, 1.54) is 12.4 Å². The number of carbonyl (C=O) groups excluding carboxylic acids is 1. The van der Waals surface area contributed by atoms with E-state index in [2.05, 4.69) is 10.1 Å². The molecule has 1 N–H and O–H groups in total. The molecule has 3 aromatic heterocycles. The minimum atomic E-state index is -0.279. The van der Waals surface area contributed by atoms with Gasteiger partial charge in [-0.05, 0) is 18.6 Å². The van der Waals surface area contributed by atoms with Gasteiger partial charge in [0.15, 0.2) is 0 Å². The van der Waals surface area contributed by atoms with Gasteiger partial charge in [0.2, 0.25) is 5.43 Å². The van der Waals surface area contributed by atoms with E-state index in [9.17, 15) is 9.59 Å². The highest BCUT2D eigenvalue weighted by molar-refractivity contribution is 5.96. The summed E-state index contributed by atoms with van der Waals surface area (Å²) in [6.07, 6.45) is 5.45. The Morgan fingerprint density at radius 1 is 1.48 bits per heavy atom. The third-order valence-corrected chi connectivity index (χ3v) is 4.43. The third-order valence-electron chi connectivity index (χ3n) is 4.43. The largest absolute Gasteiger partial charge is 0.469 e. The van der Waals surface area contributed by atoms with Crippen LogP contribution in [0.3, 0.4) is 0 Å². The molecule has 1 amide bonds. The van der Waals surface area contributed by atoms with E-state index in [0.717, 1.165) is 12.2 Å². The van der Waals surface area contributed by atoms with Crippen LogP contribution in [-0.2, 0) is 7.05 Å². The predicted molar refractivity (Wildman–Crippen MR) is 83.3 cm³/mol. The van der Waals surface area contributed by atoms with Gasteiger partial charge in [0.25, 0.3) is 5.91 Å². The standard InChI is InChI=1S/C16H16N4O3/c1-19-15-11(8-18-19)14(21)12(7-17-15)16(22)20-5-4-10(9-20)13-3-2-6-23-13/h2-3,6-8,10H,4-5,9H2,1H3,(H,17,21). The number of hydrogen-bond acceptors (Lipinski definition) is 4. The van der Waals surface area contributed by atoms with Crippen LogP contribution in [0.15, 0.2) is 40.0 Å². The molecule has 1 aliphatic heterocycles. The zero-order valence-electron chi connectivity index (χ0n) is 12.7. The summed E-state index contributed by atoms with van der Waals surface area (Å²) >= 11 is 0. The highest BCUT2D eigenvalue weighted by atomic mass is 16.3. The summed E-state index contributed by atoms with van der Waals surface area (Å²) in [6.45, 7) is 1.19. The summed E-state index contributed by atoms with van der Waals surface area (Å²) in [5.74, 6) is 0.832. The molecule has 1 aliphatic rings. The zero-order chi connectivity index (χ0) is 16.0. The number of nitrogens with one attached hydrogen (secondary N) is 1. The van der Waals surface area contributed by atoms with E-state index in [-0.39, 0.29) is 22.8 Å². The molecule has 0 aliphatic carbocycles. The van der Waals surface area contributed by atoms with Crippen molar-refractivity contribution in [1.82, 2.24) is 19.7 Å². The number of fused-ring (bicyclic) bond motifs is 1. The Bertz CT molecular complexity index is 923. The van der Waals surface area contributed by atoms with Crippen molar-refractivity contribution in [2.24, 2.45) is 7.05 Å². The predicted octanol–water partition coefficient (Wildman–Crippen LogP) is 1.48. The van der Waals surface area contributed by atoms with Crippen LogP contribution in [-0.4, -0.2) is 38.7 Å². The van der Waals surface area contributed by atoms with E-state index in [1.807, 2.05) is 12.1 Å². The fourth-order valence-electron chi connectivity index (χ4n) is 3.16. The SMILES string of the molecule is Cn1ncc2c(=O)c(C(=O)N3CCC(c4ccco4)C3)c[nH]c21. The molecule has 0 saturated carbocycles. The summed E-state index contributed by atoms with van der Waals surface area (Å²) < 4.78 is 7.00. The molecule has 0 aromatic carbocycles. The van der Waals surface area contributed by atoms with Crippen LogP contribution >= 0.6 is 0 Å². The first-order chi connectivity index (χ1) is 11.1. The number of rotatable bonds is 2. The van der Waals surface area contributed by atoms with Gasteiger partial charge in [-0.15, -0.1) is 0 Å². The van der Waals surface area contributed by atoms with Crippen molar-refractivity contribution in [3.8, 4) is 0 Å². The lowest BCUT2D eigenvalue weighted by atomic mass is 10.1. The molecular weight excluding hydrogens is 296 g/mol. The lowest BCUT2D eigenvalue weighted by Crippen LogP contribution is -2.32.